The predicted molar refractivity (Wildman–Crippen MR) is 116 cm³/mol. The lowest BCUT2D eigenvalue weighted by atomic mass is 10.1. The Balaban J connectivity index is 1.30. The molecule has 1 fully saturated rings. The summed E-state index contributed by atoms with van der Waals surface area (Å²) >= 11 is 0. The summed E-state index contributed by atoms with van der Waals surface area (Å²) in [6.07, 6.45) is 0.277. The topological polar surface area (TPSA) is 77.2 Å². The number of aromatic nitrogens is 1. The molecule has 0 aliphatic carbocycles. The van der Waals surface area contributed by atoms with E-state index in [4.69, 9.17) is 13.9 Å². The molecule has 0 radical (unpaired) electrons. The van der Waals surface area contributed by atoms with Crippen molar-refractivity contribution in [1.29, 1.82) is 0 Å². The van der Waals surface area contributed by atoms with Gasteiger partial charge in [0.15, 0.2) is 17.1 Å². The summed E-state index contributed by atoms with van der Waals surface area (Å²) in [5.74, 6) is 1.07. The minimum atomic E-state index is -0.422. The van der Waals surface area contributed by atoms with Gasteiger partial charge in [-0.1, -0.05) is 18.2 Å². The Morgan fingerprint density at radius 2 is 1.74 bits per heavy atom. The van der Waals surface area contributed by atoms with Gasteiger partial charge in [-0.15, -0.1) is 0 Å². The third-order valence-corrected chi connectivity index (χ3v) is 5.70. The van der Waals surface area contributed by atoms with E-state index in [1.807, 2.05) is 41.3 Å². The fraction of sp³-hybridized carbons (Fsp3) is 0.391. The molecule has 1 aliphatic rings. The Labute approximate surface area is 180 Å². The molecular formula is C23H27N3O5. The largest absolute Gasteiger partial charge is 0.493 e. The predicted octanol–water partition coefficient (Wildman–Crippen LogP) is 2.35. The first-order chi connectivity index (χ1) is 15.1. The van der Waals surface area contributed by atoms with Crippen LogP contribution in [-0.4, -0.2) is 60.7 Å². The first-order valence-electron chi connectivity index (χ1n) is 10.4. The number of fused-ring (bicyclic) bond motifs is 1. The SMILES string of the molecule is COc1ccc(CN2CCN(C(=O)CCn3c(=O)oc4ccccc43)CC2)cc1OC. The Kier molecular flexibility index (Phi) is 6.27. The molecule has 8 heteroatoms. The summed E-state index contributed by atoms with van der Waals surface area (Å²) in [6, 6.07) is 13.2. The number of methoxy groups -OCH3 is 2. The average molecular weight is 425 g/mol. The number of nitrogens with zero attached hydrogens (tertiary/aromatic N) is 3. The lowest BCUT2D eigenvalue weighted by Crippen LogP contribution is -2.48. The highest BCUT2D eigenvalue weighted by molar-refractivity contribution is 5.77. The van der Waals surface area contributed by atoms with E-state index >= 15 is 0 Å². The normalized spacial score (nSPS) is 14.7. The molecule has 4 rings (SSSR count). The zero-order valence-electron chi connectivity index (χ0n) is 17.9. The van der Waals surface area contributed by atoms with Crippen LogP contribution in [0.5, 0.6) is 11.5 Å². The van der Waals surface area contributed by atoms with Crippen molar-refractivity contribution < 1.29 is 18.7 Å². The Hall–Kier alpha value is -3.26. The van der Waals surface area contributed by atoms with Crippen molar-refractivity contribution in [3.8, 4) is 11.5 Å². The monoisotopic (exact) mass is 425 g/mol. The van der Waals surface area contributed by atoms with E-state index in [1.54, 1.807) is 20.3 Å². The van der Waals surface area contributed by atoms with Crippen LogP contribution in [0, 0.1) is 0 Å². The second-order valence-electron chi connectivity index (χ2n) is 7.58. The molecular weight excluding hydrogens is 398 g/mol. The van der Waals surface area contributed by atoms with Gasteiger partial charge in [-0.2, -0.15) is 0 Å². The third kappa shape index (κ3) is 4.59. The van der Waals surface area contributed by atoms with Crippen LogP contribution in [0.15, 0.2) is 51.7 Å². The molecule has 1 amide bonds. The fourth-order valence-electron chi connectivity index (χ4n) is 3.98. The van der Waals surface area contributed by atoms with E-state index in [0.717, 1.165) is 36.5 Å². The van der Waals surface area contributed by atoms with E-state index in [9.17, 15) is 9.59 Å². The van der Waals surface area contributed by atoms with Crippen LogP contribution in [0.2, 0.25) is 0 Å². The highest BCUT2D eigenvalue weighted by atomic mass is 16.5. The highest BCUT2D eigenvalue weighted by Gasteiger charge is 2.22. The fourth-order valence-corrected chi connectivity index (χ4v) is 3.98. The van der Waals surface area contributed by atoms with Crippen LogP contribution in [0.4, 0.5) is 0 Å². The second-order valence-corrected chi connectivity index (χ2v) is 7.58. The molecule has 0 bridgehead atoms. The minimum Gasteiger partial charge on any atom is -0.493 e. The second kappa shape index (κ2) is 9.26. The molecule has 2 heterocycles. The number of piperazine rings is 1. The van der Waals surface area contributed by atoms with E-state index in [1.165, 1.54) is 4.57 Å². The van der Waals surface area contributed by atoms with Crippen LogP contribution >= 0.6 is 0 Å². The zero-order valence-corrected chi connectivity index (χ0v) is 17.9. The number of carbonyl (C=O) groups is 1. The Bertz CT molecular complexity index is 1110. The van der Waals surface area contributed by atoms with Gasteiger partial charge in [0, 0.05) is 45.7 Å². The summed E-state index contributed by atoms with van der Waals surface area (Å²) in [5, 5.41) is 0. The number of para-hydroxylation sites is 2. The van der Waals surface area contributed by atoms with Gasteiger partial charge < -0.3 is 18.8 Å². The molecule has 8 nitrogen and oxygen atoms in total. The number of carbonyl (C=O) groups excluding carboxylic acids is 1. The molecule has 0 saturated carbocycles. The van der Waals surface area contributed by atoms with Gasteiger partial charge in [0.05, 0.1) is 19.7 Å². The van der Waals surface area contributed by atoms with Crippen LogP contribution in [-0.2, 0) is 17.9 Å². The minimum absolute atomic E-state index is 0.0583. The highest BCUT2D eigenvalue weighted by Crippen LogP contribution is 2.28. The molecule has 3 aromatic rings. The molecule has 1 saturated heterocycles. The summed E-state index contributed by atoms with van der Waals surface area (Å²) in [5.41, 5.74) is 2.41. The molecule has 2 aromatic carbocycles. The quantitative estimate of drug-likeness (QED) is 0.578. The standard InChI is InChI=1S/C23H27N3O5/c1-29-20-8-7-17(15-21(20)30-2)16-24-11-13-25(14-12-24)22(27)9-10-26-18-5-3-4-6-19(18)31-23(26)28/h3-8,15H,9-14,16H2,1-2H3. The van der Waals surface area contributed by atoms with E-state index in [2.05, 4.69) is 4.90 Å². The van der Waals surface area contributed by atoms with E-state index < -0.39 is 5.76 Å². The summed E-state index contributed by atoms with van der Waals surface area (Å²) in [4.78, 5) is 29.0. The third-order valence-electron chi connectivity index (χ3n) is 5.70. The van der Waals surface area contributed by atoms with Gasteiger partial charge in [-0.3, -0.25) is 14.3 Å². The van der Waals surface area contributed by atoms with E-state index in [0.29, 0.717) is 31.0 Å². The van der Waals surface area contributed by atoms with Crippen LogP contribution in [0.25, 0.3) is 11.1 Å². The van der Waals surface area contributed by atoms with Crippen molar-refractivity contribution in [1.82, 2.24) is 14.4 Å². The maximum Gasteiger partial charge on any atom is 0.419 e. The van der Waals surface area contributed by atoms with Gasteiger partial charge in [-0.05, 0) is 29.8 Å². The van der Waals surface area contributed by atoms with Gasteiger partial charge in [0.2, 0.25) is 5.91 Å². The molecule has 1 aromatic heterocycles. The number of oxazole rings is 1. The molecule has 1 aliphatic heterocycles. The van der Waals surface area contributed by atoms with Crippen molar-refractivity contribution in [3.05, 3.63) is 58.6 Å². The number of ether oxygens (including phenoxy) is 2. The van der Waals surface area contributed by atoms with Gasteiger partial charge in [0.25, 0.3) is 0 Å². The molecule has 0 atom stereocenters. The molecule has 31 heavy (non-hydrogen) atoms. The molecule has 0 spiro atoms. The Morgan fingerprint density at radius 3 is 2.48 bits per heavy atom. The smallest absolute Gasteiger partial charge is 0.419 e. The van der Waals surface area contributed by atoms with Crippen LogP contribution in [0.1, 0.15) is 12.0 Å². The van der Waals surface area contributed by atoms with E-state index in [-0.39, 0.29) is 12.3 Å². The zero-order chi connectivity index (χ0) is 21.8. The molecule has 0 N–H and O–H groups in total. The van der Waals surface area contributed by atoms with Crippen molar-refractivity contribution in [3.63, 3.8) is 0 Å². The Morgan fingerprint density at radius 1 is 1.00 bits per heavy atom. The first kappa shape index (κ1) is 21.0. The maximum absolute atomic E-state index is 12.7. The number of aryl methyl sites for hydroxylation is 1. The summed E-state index contributed by atoms with van der Waals surface area (Å²) < 4.78 is 17.4. The van der Waals surface area contributed by atoms with Crippen molar-refractivity contribution in [2.75, 3.05) is 40.4 Å². The van der Waals surface area contributed by atoms with Crippen molar-refractivity contribution >= 4 is 17.0 Å². The lowest BCUT2D eigenvalue weighted by Gasteiger charge is -2.35. The van der Waals surface area contributed by atoms with Crippen LogP contribution < -0.4 is 15.2 Å². The molecule has 0 unspecified atom stereocenters. The van der Waals surface area contributed by atoms with Gasteiger partial charge in [-0.25, -0.2) is 4.79 Å². The first-order valence-corrected chi connectivity index (χ1v) is 10.4. The number of hydrogen-bond acceptors (Lipinski definition) is 6. The van der Waals surface area contributed by atoms with Crippen molar-refractivity contribution in [2.45, 2.75) is 19.5 Å². The number of hydrogen-bond donors (Lipinski definition) is 0. The van der Waals surface area contributed by atoms with Crippen LogP contribution in [0.3, 0.4) is 0 Å². The van der Waals surface area contributed by atoms with Crippen molar-refractivity contribution in [2.24, 2.45) is 0 Å². The van der Waals surface area contributed by atoms with Gasteiger partial charge >= 0.3 is 5.76 Å². The molecule has 164 valence electrons. The van der Waals surface area contributed by atoms with Gasteiger partial charge in [0.1, 0.15) is 0 Å². The lowest BCUT2D eigenvalue weighted by molar-refractivity contribution is -0.133. The number of rotatable bonds is 7. The number of benzene rings is 2. The average Bonchev–Trinajstić information content (AvgIpc) is 3.12. The number of amides is 1. The summed E-state index contributed by atoms with van der Waals surface area (Å²) in [6.45, 7) is 4.06. The summed E-state index contributed by atoms with van der Waals surface area (Å²) in [7, 11) is 3.26. The maximum atomic E-state index is 12.7.